The maximum absolute atomic E-state index is 13.0. The van der Waals surface area contributed by atoms with Crippen LogP contribution in [-0.2, 0) is 22.0 Å². The van der Waals surface area contributed by atoms with Crippen LogP contribution in [0.15, 0.2) is 53.2 Å². The van der Waals surface area contributed by atoms with E-state index in [1.807, 2.05) is 0 Å². The molecule has 0 bridgehead atoms. The van der Waals surface area contributed by atoms with Crippen LogP contribution in [0.3, 0.4) is 0 Å². The summed E-state index contributed by atoms with van der Waals surface area (Å²) in [7, 11) is -3.90. The van der Waals surface area contributed by atoms with Crippen LogP contribution >= 0.6 is 0 Å². The monoisotopic (exact) mass is 438 g/mol. The van der Waals surface area contributed by atoms with Gasteiger partial charge in [0.05, 0.1) is 11.3 Å². The number of hydrogen-bond donors (Lipinski definition) is 0. The second-order valence-corrected chi connectivity index (χ2v) is 8.83. The van der Waals surface area contributed by atoms with Crippen LogP contribution < -0.4 is 0 Å². The van der Waals surface area contributed by atoms with Gasteiger partial charge in [0.15, 0.2) is 0 Å². The fourth-order valence-corrected chi connectivity index (χ4v) is 5.19. The highest BCUT2D eigenvalue weighted by Crippen LogP contribution is 2.36. The number of nitrogens with zero attached hydrogens (tertiary/aromatic N) is 4. The summed E-state index contributed by atoms with van der Waals surface area (Å²) in [6.45, 7) is 0.235. The van der Waals surface area contributed by atoms with Gasteiger partial charge in [-0.2, -0.15) is 17.5 Å². The zero-order valence-corrected chi connectivity index (χ0v) is 16.4. The third-order valence-electron chi connectivity index (χ3n) is 4.82. The third kappa shape index (κ3) is 4.21. The molecule has 1 atom stereocenters. The summed E-state index contributed by atoms with van der Waals surface area (Å²) in [6.07, 6.45) is -0.330. The van der Waals surface area contributed by atoms with Crippen molar-refractivity contribution in [3.8, 4) is 11.5 Å². The summed E-state index contributed by atoms with van der Waals surface area (Å²) in [5, 5.41) is 7.98. The first-order chi connectivity index (χ1) is 14.2. The Morgan fingerprint density at radius 2 is 1.90 bits per heavy atom. The van der Waals surface area contributed by atoms with Crippen LogP contribution in [0.2, 0.25) is 0 Å². The largest absolute Gasteiger partial charge is 0.419 e. The third-order valence-corrected chi connectivity index (χ3v) is 6.67. The van der Waals surface area contributed by atoms with Gasteiger partial charge in [0.25, 0.3) is 0 Å². The van der Waals surface area contributed by atoms with E-state index in [1.54, 1.807) is 24.5 Å². The summed E-state index contributed by atoms with van der Waals surface area (Å²) in [4.78, 5) is 3.91. The van der Waals surface area contributed by atoms with Gasteiger partial charge in [-0.1, -0.05) is 18.2 Å². The molecule has 0 N–H and O–H groups in total. The van der Waals surface area contributed by atoms with Gasteiger partial charge in [-0.15, -0.1) is 10.2 Å². The maximum atomic E-state index is 13.0. The van der Waals surface area contributed by atoms with Crippen LogP contribution in [0.25, 0.3) is 11.5 Å². The SMILES string of the molecule is O=S(=O)(Cc1cccc(C(F)(F)F)c1)N1CCCC1c1nnc(-c2ccncc2)o1. The molecule has 0 aliphatic carbocycles. The molecule has 1 aliphatic heterocycles. The topological polar surface area (TPSA) is 89.2 Å². The van der Waals surface area contributed by atoms with Gasteiger partial charge in [-0.3, -0.25) is 4.98 Å². The van der Waals surface area contributed by atoms with E-state index in [1.165, 1.54) is 16.4 Å². The molecular formula is C19H17F3N4O3S. The predicted octanol–water partition coefficient (Wildman–Crippen LogP) is 3.82. The molecule has 1 saturated heterocycles. The summed E-state index contributed by atoms with van der Waals surface area (Å²) in [6, 6.07) is 7.07. The van der Waals surface area contributed by atoms with Gasteiger partial charge in [-0.05, 0) is 36.6 Å². The number of sulfonamides is 1. The van der Waals surface area contributed by atoms with Gasteiger partial charge >= 0.3 is 6.18 Å². The van der Waals surface area contributed by atoms with Crippen LogP contribution in [0.1, 0.15) is 35.9 Å². The van der Waals surface area contributed by atoms with Gasteiger partial charge in [-0.25, -0.2) is 8.42 Å². The van der Waals surface area contributed by atoms with Crippen molar-refractivity contribution in [2.45, 2.75) is 30.8 Å². The lowest BCUT2D eigenvalue weighted by atomic mass is 10.1. The van der Waals surface area contributed by atoms with E-state index in [0.29, 0.717) is 18.4 Å². The average molecular weight is 438 g/mol. The Labute approximate surface area is 170 Å². The first kappa shape index (κ1) is 20.5. The Hall–Kier alpha value is -2.79. The fraction of sp³-hybridized carbons (Fsp3) is 0.316. The molecule has 0 spiro atoms. The molecule has 3 heterocycles. The summed E-state index contributed by atoms with van der Waals surface area (Å²) >= 11 is 0. The smallest absolute Gasteiger partial charge is 0.416 e. The Balaban J connectivity index is 1.57. The van der Waals surface area contributed by atoms with Crippen LogP contribution in [0, 0.1) is 0 Å². The number of hydrogen-bond acceptors (Lipinski definition) is 6. The summed E-state index contributed by atoms with van der Waals surface area (Å²) < 4.78 is 71.7. The van der Waals surface area contributed by atoms with Crippen LogP contribution in [0.4, 0.5) is 13.2 Å². The van der Waals surface area contributed by atoms with E-state index in [0.717, 1.165) is 12.1 Å². The molecule has 0 radical (unpaired) electrons. The van der Waals surface area contributed by atoms with Crippen molar-refractivity contribution >= 4 is 10.0 Å². The van der Waals surface area contributed by atoms with E-state index in [-0.39, 0.29) is 23.9 Å². The Morgan fingerprint density at radius 1 is 1.13 bits per heavy atom. The second-order valence-electron chi connectivity index (χ2n) is 6.90. The van der Waals surface area contributed by atoms with E-state index >= 15 is 0 Å². The highest BCUT2D eigenvalue weighted by molar-refractivity contribution is 7.88. The first-order valence-electron chi connectivity index (χ1n) is 9.13. The van der Waals surface area contributed by atoms with Crippen LogP contribution in [-0.4, -0.2) is 34.4 Å². The van der Waals surface area contributed by atoms with Crippen molar-refractivity contribution in [1.82, 2.24) is 19.5 Å². The average Bonchev–Trinajstić information content (AvgIpc) is 3.38. The fourth-order valence-electron chi connectivity index (χ4n) is 3.43. The molecule has 1 fully saturated rings. The quantitative estimate of drug-likeness (QED) is 0.602. The standard InChI is InChI=1S/C19H17F3N4O3S/c20-19(21,22)15-4-1-3-13(11-15)12-30(27,28)26-10-2-5-16(26)18-25-24-17(29-18)14-6-8-23-9-7-14/h1,3-4,6-9,11,16H,2,5,10,12H2. The number of rotatable bonds is 5. The molecule has 2 aromatic heterocycles. The van der Waals surface area contributed by atoms with Gasteiger partial charge < -0.3 is 4.42 Å². The Kier molecular flexibility index (Phi) is 5.33. The number of aromatic nitrogens is 3. The van der Waals surface area contributed by atoms with Crippen LogP contribution in [0.5, 0.6) is 0 Å². The molecule has 1 aromatic carbocycles. The number of pyridine rings is 1. The lowest BCUT2D eigenvalue weighted by molar-refractivity contribution is -0.137. The number of halogens is 3. The molecule has 1 unspecified atom stereocenters. The highest BCUT2D eigenvalue weighted by Gasteiger charge is 2.39. The van der Waals surface area contributed by atoms with Gasteiger partial charge in [0.2, 0.25) is 21.8 Å². The maximum Gasteiger partial charge on any atom is 0.416 e. The summed E-state index contributed by atoms with van der Waals surface area (Å²) in [5.41, 5.74) is -0.161. The number of benzene rings is 1. The van der Waals surface area contributed by atoms with E-state index < -0.39 is 33.6 Å². The van der Waals surface area contributed by atoms with Crippen molar-refractivity contribution in [3.05, 3.63) is 65.8 Å². The molecule has 158 valence electrons. The molecule has 1 aliphatic rings. The minimum Gasteiger partial charge on any atom is -0.419 e. The van der Waals surface area contributed by atoms with Gasteiger partial charge in [0, 0.05) is 24.5 Å². The molecule has 7 nitrogen and oxygen atoms in total. The minimum absolute atomic E-state index is 0.0680. The van der Waals surface area contributed by atoms with Crippen molar-refractivity contribution in [2.75, 3.05) is 6.54 Å². The van der Waals surface area contributed by atoms with E-state index in [2.05, 4.69) is 15.2 Å². The molecule has 0 amide bonds. The van der Waals surface area contributed by atoms with Crippen molar-refractivity contribution in [1.29, 1.82) is 0 Å². The zero-order valence-electron chi connectivity index (χ0n) is 15.6. The van der Waals surface area contributed by atoms with Crippen molar-refractivity contribution in [2.24, 2.45) is 0 Å². The van der Waals surface area contributed by atoms with E-state index in [4.69, 9.17) is 4.42 Å². The molecule has 0 saturated carbocycles. The normalized spacial score (nSPS) is 18.0. The Morgan fingerprint density at radius 3 is 2.63 bits per heavy atom. The Bertz CT molecular complexity index is 1130. The molecule has 11 heteroatoms. The second kappa shape index (κ2) is 7.80. The van der Waals surface area contributed by atoms with E-state index in [9.17, 15) is 21.6 Å². The lowest BCUT2D eigenvalue weighted by Gasteiger charge is -2.21. The van der Waals surface area contributed by atoms with Crippen molar-refractivity contribution in [3.63, 3.8) is 0 Å². The molecular weight excluding hydrogens is 421 g/mol. The predicted molar refractivity (Wildman–Crippen MR) is 100 cm³/mol. The molecule has 30 heavy (non-hydrogen) atoms. The zero-order chi connectivity index (χ0) is 21.4. The lowest BCUT2D eigenvalue weighted by Crippen LogP contribution is -2.32. The highest BCUT2D eigenvalue weighted by atomic mass is 32.2. The van der Waals surface area contributed by atoms with Crippen molar-refractivity contribution < 1.29 is 26.0 Å². The number of alkyl halides is 3. The van der Waals surface area contributed by atoms with Gasteiger partial charge in [0.1, 0.15) is 6.04 Å². The minimum atomic E-state index is -4.54. The summed E-state index contributed by atoms with van der Waals surface area (Å²) in [5.74, 6) is -0.139. The molecule has 3 aromatic rings. The molecule has 4 rings (SSSR count). The first-order valence-corrected chi connectivity index (χ1v) is 10.7.